The van der Waals surface area contributed by atoms with Crippen molar-refractivity contribution in [3.63, 3.8) is 0 Å². The molecule has 0 N–H and O–H groups in total. The van der Waals surface area contributed by atoms with Gasteiger partial charge in [0.05, 0.1) is 22.5 Å². The molecule has 0 aliphatic carbocycles. The molecule has 1 atom stereocenters. The average molecular weight is 297 g/mol. The molecule has 0 saturated heterocycles. The minimum Gasteiger partial charge on any atom is -0.750 e. The summed E-state index contributed by atoms with van der Waals surface area (Å²) in [6.07, 6.45) is -4.59. The standard InChI is InChI=1S/C10H9F3O5S/c1-6-2-3-7(10(11,12)13)4-8(6)9(14)17-5-18-19(15)16/h2-4H,5H2,1H3,(H,15,16)/p-1. The zero-order valence-electron chi connectivity index (χ0n) is 9.52. The van der Waals surface area contributed by atoms with E-state index in [2.05, 4.69) is 8.92 Å². The zero-order chi connectivity index (χ0) is 14.6. The molecule has 1 unspecified atom stereocenters. The van der Waals surface area contributed by atoms with Crippen LogP contribution in [-0.4, -0.2) is 21.5 Å². The molecule has 0 aliphatic heterocycles. The van der Waals surface area contributed by atoms with Crippen LogP contribution in [-0.2, 0) is 26.5 Å². The van der Waals surface area contributed by atoms with E-state index in [9.17, 15) is 26.7 Å². The van der Waals surface area contributed by atoms with Crippen molar-refractivity contribution in [3.05, 3.63) is 34.9 Å². The van der Waals surface area contributed by atoms with Crippen molar-refractivity contribution in [2.45, 2.75) is 13.1 Å². The van der Waals surface area contributed by atoms with Crippen molar-refractivity contribution < 1.29 is 35.6 Å². The highest BCUT2D eigenvalue weighted by Crippen LogP contribution is 2.30. The molecule has 0 spiro atoms. The van der Waals surface area contributed by atoms with Gasteiger partial charge in [0.1, 0.15) is 0 Å². The quantitative estimate of drug-likeness (QED) is 0.482. The van der Waals surface area contributed by atoms with Crippen LogP contribution in [0, 0.1) is 6.92 Å². The summed E-state index contributed by atoms with van der Waals surface area (Å²) in [5, 5.41) is 0. The molecular weight excluding hydrogens is 289 g/mol. The number of esters is 1. The van der Waals surface area contributed by atoms with E-state index >= 15 is 0 Å². The number of carbonyl (C=O) groups excluding carboxylic acids is 1. The second-order valence-electron chi connectivity index (χ2n) is 3.40. The SMILES string of the molecule is Cc1ccc(C(F)(F)F)cc1C(=O)OCOS(=O)[O-]. The Labute approximate surface area is 108 Å². The molecule has 0 saturated carbocycles. The number of halogens is 3. The molecule has 1 aromatic rings. The summed E-state index contributed by atoms with van der Waals surface area (Å²) in [6.45, 7) is 0.522. The Morgan fingerprint density at radius 2 is 2.05 bits per heavy atom. The Morgan fingerprint density at radius 3 is 2.58 bits per heavy atom. The van der Waals surface area contributed by atoms with Crippen LogP contribution in [0.15, 0.2) is 18.2 Å². The monoisotopic (exact) mass is 297 g/mol. The van der Waals surface area contributed by atoms with Crippen LogP contribution in [0.5, 0.6) is 0 Å². The van der Waals surface area contributed by atoms with Gasteiger partial charge in [-0.3, -0.25) is 4.18 Å². The molecule has 0 radical (unpaired) electrons. The Morgan fingerprint density at radius 1 is 1.42 bits per heavy atom. The summed E-state index contributed by atoms with van der Waals surface area (Å²) in [5.74, 6) is -1.10. The van der Waals surface area contributed by atoms with E-state index in [0.717, 1.165) is 12.1 Å². The highest BCUT2D eigenvalue weighted by molar-refractivity contribution is 7.74. The molecule has 19 heavy (non-hydrogen) atoms. The van der Waals surface area contributed by atoms with Crippen LogP contribution in [0.1, 0.15) is 21.5 Å². The van der Waals surface area contributed by atoms with E-state index in [4.69, 9.17) is 0 Å². The second kappa shape index (κ2) is 6.13. The summed E-state index contributed by atoms with van der Waals surface area (Å²) >= 11 is -2.87. The lowest BCUT2D eigenvalue weighted by Crippen LogP contribution is -2.13. The molecule has 9 heteroatoms. The maximum Gasteiger partial charge on any atom is 0.416 e. The minimum absolute atomic E-state index is 0.265. The van der Waals surface area contributed by atoms with Crippen LogP contribution in [0.3, 0.4) is 0 Å². The van der Waals surface area contributed by atoms with E-state index in [1.165, 1.54) is 6.92 Å². The van der Waals surface area contributed by atoms with Gasteiger partial charge in [-0.15, -0.1) is 0 Å². The zero-order valence-corrected chi connectivity index (χ0v) is 10.3. The number of hydrogen-bond acceptors (Lipinski definition) is 5. The van der Waals surface area contributed by atoms with Gasteiger partial charge in [0.15, 0.2) is 0 Å². The van der Waals surface area contributed by atoms with Crippen LogP contribution in [0.25, 0.3) is 0 Å². The van der Waals surface area contributed by atoms with Gasteiger partial charge in [0.25, 0.3) is 0 Å². The third-order valence-electron chi connectivity index (χ3n) is 2.12. The molecule has 0 amide bonds. The van der Waals surface area contributed by atoms with Crippen LogP contribution in [0.4, 0.5) is 13.2 Å². The molecule has 0 fully saturated rings. The van der Waals surface area contributed by atoms with Gasteiger partial charge >= 0.3 is 12.1 Å². The fourth-order valence-electron chi connectivity index (χ4n) is 1.21. The van der Waals surface area contributed by atoms with Crippen molar-refractivity contribution in [1.82, 2.24) is 0 Å². The number of ether oxygens (including phenoxy) is 1. The molecule has 1 aromatic carbocycles. The first kappa shape index (κ1) is 15.6. The normalized spacial score (nSPS) is 13.1. The van der Waals surface area contributed by atoms with Gasteiger partial charge < -0.3 is 9.29 Å². The molecule has 0 heterocycles. The van der Waals surface area contributed by atoms with Crippen molar-refractivity contribution in [1.29, 1.82) is 0 Å². The predicted octanol–water partition coefficient (Wildman–Crippen LogP) is 1.94. The number of aryl methyl sites for hydroxylation is 1. The first-order valence-corrected chi connectivity index (χ1v) is 5.79. The lowest BCUT2D eigenvalue weighted by Gasteiger charge is -2.11. The summed E-state index contributed by atoms with van der Waals surface area (Å²) in [6, 6.07) is 2.58. The van der Waals surface area contributed by atoms with Gasteiger partial charge in [-0.2, -0.15) is 13.2 Å². The van der Waals surface area contributed by atoms with Crippen molar-refractivity contribution >= 4 is 17.3 Å². The Hall–Kier alpha value is -1.45. The van der Waals surface area contributed by atoms with Crippen molar-refractivity contribution in [3.8, 4) is 0 Å². The fraction of sp³-hybridized carbons (Fsp3) is 0.300. The second-order valence-corrected chi connectivity index (χ2v) is 4.04. The van der Waals surface area contributed by atoms with E-state index < -0.39 is 35.9 Å². The molecule has 5 nitrogen and oxygen atoms in total. The first-order valence-electron chi connectivity index (χ1n) is 4.79. The maximum atomic E-state index is 12.5. The Bertz CT molecular complexity index is 500. The van der Waals surface area contributed by atoms with E-state index in [1.807, 2.05) is 0 Å². The third-order valence-corrected chi connectivity index (χ3v) is 2.41. The maximum absolute atomic E-state index is 12.5. The van der Waals surface area contributed by atoms with Gasteiger partial charge in [-0.1, -0.05) is 6.07 Å². The van der Waals surface area contributed by atoms with E-state index in [0.29, 0.717) is 6.07 Å². The number of carbonyl (C=O) groups is 1. The predicted molar refractivity (Wildman–Crippen MR) is 56.5 cm³/mol. The number of hydrogen-bond donors (Lipinski definition) is 0. The van der Waals surface area contributed by atoms with Gasteiger partial charge in [0.2, 0.25) is 6.79 Å². The smallest absolute Gasteiger partial charge is 0.416 e. The molecule has 1 rings (SSSR count). The Balaban J connectivity index is 2.87. The minimum atomic E-state index is -4.59. The summed E-state index contributed by atoms with van der Waals surface area (Å²) in [4.78, 5) is 11.5. The van der Waals surface area contributed by atoms with Crippen molar-refractivity contribution in [2.75, 3.05) is 6.79 Å². The largest absolute Gasteiger partial charge is 0.750 e. The number of benzene rings is 1. The number of rotatable bonds is 4. The van der Waals surface area contributed by atoms with Gasteiger partial charge in [-0.25, -0.2) is 9.00 Å². The van der Waals surface area contributed by atoms with Crippen LogP contribution in [0.2, 0.25) is 0 Å². The summed E-state index contributed by atoms with van der Waals surface area (Å²) in [5.41, 5.74) is -1.05. The molecular formula is C10H8F3O5S-. The topological polar surface area (TPSA) is 75.7 Å². The van der Waals surface area contributed by atoms with Crippen LogP contribution >= 0.6 is 0 Å². The fourth-order valence-corrected chi connectivity index (χ4v) is 1.34. The summed E-state index contributed by atoms with van der Waals surface area (Å²) in [7, 11) is 0. The molecule has 106 valence electrons. The molecule has 0 bridgehead atoms. The van der Waals surface area contributed by atoms with Gasteiger partial charge in [-0.05, 0) is 24.6 Å². The average Bonchev–Trinajstić information content (AvgIpc) is 2.27. The van der Waals surface area contributed by atoms with Crippen LogP contribution < -0.4 is 0 Å². The van der Waals surface area contributed by atoms with E-state index in [-0.39, 0.29) is 11.1 Å². The van der Waals surface area contributed by atoms with Gasteiger partial charge in [0, 0.05) is 0 Å². The molecule has 0 aromatic heterocycles. The number of alkyl halides is 3. The van der Waals surface area contributed by atoms with Crippen molar-refractivity contribution in [2.24, 2.45) is 0 Å². The lowest BCUT2D eigenvalue weighted by molar-refractivity contribution is -0.137. The summed E-state index contributed by atoms with van der Waals surface area (Å²) < 4.78 is 65.7. The highest BCUT2D eigenvalue weighted by Gasteiger charge is 2.31. The Kier molecular flexibility index (Phi) is 5.04. The first-order chi connectivity index (χ1) is 8.71. The molecule has 0 aliphatic rings. The third kappa shape index (κ3) is 4.62. The lowest BCUT2D eigenvalue weighted by atomic mass is 10.0. The highest BCUT2D eigenvalue weighted by atomic mass is 32.2. The van der Waals surface area contributed by atoms with E-state index in [1.54, 1.807) is 0 Å².